The highest BCUT2D eigenvalue weighted by molar-refractivity contribution is 5.96. The highest BCUT2D eigenvalue weighted by atomic mass is 16.4. The minimum absolute atomic E-state index is 0.172. The van der Waals surface area contributed by atoms with Gasteiger partial charge in [0.25, 0.3) is 5.91 Å². The van der Waals surface area contributed by atoms with Crippen molar-refractivity contribution in [3.05, 3.63) is 78.0 Å². The molecule has 1 amide bonds. The summed E-state index contributed by atoms with van der Waals surface area (Å²) in [6, 6.07) is 18.6. The van der Waals surface area contributed by atoms with E-state index in [0.29, 0.717) is 17.6 Å². The minimum atomic E-state index is -2.00. The summed E-state index contributed by atoms with van der Waals surface area (Å²) >= 11 is 0. The number of aliphatic carboxylic acids is 1. The second-order valence-electron chi connectivity index (χ2n) is 8.11. The number of aliphatic hydroxyl groups is 1. The molecule has 2 heterocycles. The number of rotatable bonds is 8. The summed E-state index contributed by atoms with van der Waals surface area (Å²) in [6.45, 7) is 1.22. The van der Waals surface area contributed by atoms with Crippen LogP contribution in [0.5, 0.6) is 0 Å². The molecule has 0 saturated carbocycles. The quantitative estimate of drug-likeness (QED) is 0.327. The highest BCUT2D eigenvalue weighted by Crippen LogP contribution is 2.22. The van der Waals surface area contributed by atoms with Crippen molar-refractivity contribution >= 4 is 23.0 Å². The summed E-state index contributed by atoms with van der Waals surface area (Å²) in [5, 5.41) is 32.8. The van der Waals surface area contributed by atoms with Crippen LogP contribution in [-0.2, 0) is 11.2 Å². The number of carbonyl (C=O) groups is 2. The van der Waals surface area contributed by atoms with Gasteiger partial charge < -0.3 is 15.5 Å². The SMILES string of the molecule is C[C@](O)(C[C@@H](Cc1ccc(-c2ccccc2)cc1)NC(=O)c1cnc2n[nH]nc2c1)C(=O)O. The monoisotopic (exact) mass is 445 g/mol. The average molecular weight is 445 g/mol. The number of carboxylic acid groups (broad SMARTS) is 1. The van der Waals surface area contributed by atoms with Gasteiger partial charge >= 0.3 is 5.97 Å². The second kappa shape index (κ2) is 9.17. The molecule has 2 aromatic carbocycles. The molecular formula is C24H23N5O4. The third-order valence-electron chi connectivity index (χ3n) is 5.42. The molecule has 0 saturated heterocycles. The van der Waals surface area contributed by atoms with Crippen LogP contribution in [0.1, 0.15) is 29.3 Å². The van der Waals surface area contributed by atoms with E-state index in [0.717, 1.165) is 16.7 Å². The van der Waals surface area contributed by atoms with Gasteiger partial charge in [-0.05, 0) is 36.1 Å². The van der Waals surface area contributed by atoms with Gasteiger partial charge in [0, 0.05) is 18.7 Å². The molecule has 9 nitrogen and oxygen atoms in total. The van der Waals surface area contributed by atoms with E-state index in [9.17, 15) is 19.8 Å². The number of carboxylic acids is 1. The molecule has 2 atom stereocenters. The van der Waals surface area contributed by atoms with Crippen LogP contribution >= 0.6 is 0 Å². The first-order valence-electron chi connectivity index (χ1n) is 10.4. The van der Waals surface area contributed by atoms with Crippen molar-refractivity contribution < 1.29 is 19.8 Å². The highest BCUT2D eigenvalue weighted by Gasteiger charge is 2.34. The second-order valence-corrected chi connectivity index (χ2v) is 8.11. The van der Waals surface area contributed by atoms with Gasteiger partial charge in [-0.1, -0.05) is 54.6 Å². The van der Waals surface area contributed by atoms with Crippen LogP contribution in [0.4, 0.5) is 0 Å². The summed E-state index contributed by atoms with van der Waals surface area (Å²) in [5.74, 6) is -1.80. The number of hydrogen-bond donors (Lipinski definition) is 4. The summed E-state index contributed by atoms with van der Waals surface area (Å²) in [6.07, 6.45) is 1.54. The number of hydrogen-bond acceptors (Lipinski definition) is 6. The number of benzene rings is 2. The molecule has 0 radical (unpaired) electrons. The molecule has 0 unspecified atom stereocenters. The fourth-order valence-electron chi connectivity index (χ4n) is 3.62. The maximum Gasteiger partial charge on any atom is 0.335 e. The Morgan fingerprint density at radius 3 is 2.45 bits per heavy atom. The topological polar surface area (TPSA) is 141 Å². The first-order valence-corrected chi connectivity index (χ1v) is 10.4. The molecule has 0 bridgehead atoms. The Morgan fingerprint density at radius 2 is 1.76 bits per heavy atom. The molecular weight excluding hydrogens is 422 g/mol. The number of fused-ring (bicyclic) bond motifs is 1. The smallest absolute Gasteiger partial charge is 0.335 e. The first kappa shape index (κ1) is 22.1. The number of amides is 1. The van der Waals surface area contributed by atoms with Gasteiger partial charge in [-0.3, -0.25) is 4.79 Å². The van der Waals surface area contributed by atoms with E-state index >= 15 is 0 Å². The number of nitrogens with one attached hydrogen (secondary N) is 2. The van der Waals surface area contributed by atoms with Gasteiger partial charge in [-0.25, -0.2) is 9.78 Å². The van der Waals surface area contributed by atoms with Crippen molar-refractivity contribution in [1.82, 2.24) is 25.7 Å². The maximum atomic E-state index is 12.9. The lowest BCUT2D eigenvalue weighted by Gasteiger charge is -2.26. The van der Waals surface area contributed by atoms with Crippen LogP contribution in [0.2, 0.25) is 0 Å². The fourth-order valence-corrected chi connectivity index (χ4v) is 3.62. The van der Waals surface area contributed by atoms with Crippen molar-refractivity contribution in [1.29, 1.82) is 0 Å². The van der Waals surface area contributed by atoms with Crippen molar-refractivity contribution in [3.8, 4) is 11.1 Å². The molecule has 0 aliphatic carbocycles. The van der Waals surface area contributed by atoms with Crippen molar-refractivity contribution in [3.63, 3.8) is 0 Å². The number of pyridine rings is 1. The van der Waals surface area contributed by atoms with Gasteiger partial charge in [-0.2, -0.15) is 10.3 Å². The van der Waals surface area contributed by atoms with Gasteiger partial charge in [0.1, 0.15) is 5.52 Å². The van der Waals surface area contributed by atoms with E-state index in [4.69, 9.17) is 0 Å². The van der Waals surface area contributed by atoms with Gasteiger partial charge in [0.05, 0.1) is 5.56 Å². The standard InChI is InChI=1S/C24H23N5O4/c1-24(33,23(31)32)13-19(26-22(30)18-12-20-21(25-14-18)28-29-27-20)11-15-7-9-17(10-8-15)16-5-3-2-4-6-16/h2-10,12,14,19,33H,11,13H2,1H3,(H,26,30)(H,31,32)(H,25,27,28,29)/t19-,24+/m1/s1. The average Bonchev–Trinajstić information content (AvgIpc) is 3.28. The predicted octanol–water partition coefficient (Wildman–Crippen LogP) is 2.59. The summed E-state index contributed by atoms with van der Waals surface area (Å²) in [7, 11) is 0. The number of carbonyl (C=O) groups excluding carboxylic acids is 1. The van der Waals surface area contributed by atoms with Crippen LogP contribution in [-0.4, -0.2) is 54.1 Å². The lowest BCUT2D eigenvalue weighted by atomic mass is 9.92. The number of aromatic nitrogens is 4. The molecule has 0 aliphatic heterocycles. The maximum absolute atomic E-state index is 12.9. The molecule has 0 fully saturated rings. The molecule has 4 aromatic rings. The lowest BCUT2D eigenvalue weighted by Crippen LogP contribution is -2.46. The van der Waals surface area contributed by atoms with Gasteiger partial charge in [-0.15, -0.1) is 5.10 Å². The Morgan fingerprint density at radius 1 is 1.06 bits per heavy atom. The Balaban J connectivity index is 1.54. The van der Waals surface area contributed by atoms with E-state index in [2.05, 4.69) is 25.7 Å². The summed E-state index contributed by atoms with van der Waals surface area (Å²) in [5.41, 5.74) is 2.10. The minimum Gasteiger partial charge on any atom is -0.479 e. The van der Waals surface area contributed by atoms with Crippen molar-refractivity contribution in [2.45, 2.75) is 31.4 Å². The summed E-state index contributed by atoms with van der Waals surface area (Å²) < 4.78 is 0. The fraction of sp³-hybridized carbons (Fsp3) is 0.208. The first-order chi connectivity index (χ1) is 15.8. The van der Waals surface area contributed by atoms with E-state index in [1.807, 2.05) is 54.6 Å². The van der Waals surface area contributed by atoms with Crippen molar-refractivity contribution in [2.24, 2.45) is 0 Å². The molecule has 33 heavy (non-hydrogen) atoms. The van der Waals surface area contributed by atoms with Crippen LogP contribution in [0.3, 0.4) is 0 Å². The van der Waals surface area contributed by atoms with Gasteiger partial charge in [0.15, 0.2) is 5.60 Å². The normalized spacial score (nSPS) is 13.9. The molecule has 2 aromatic heterocycles. The Hall–Kier alpha value is -4.11. The van der Waals surface area contributed by atoms with E-state index in [-0.39, 0.29) is 12.0 Å². The Bertz CT molecular complexity index is 1270. The van der Waals surface area contributed by atoms with Crippen LogP contribution in [0.25, 0.3) is 22.3 Å². The Labute approximate surface area is 189 Å². The molecule has 9 heteroatoms. The van der Waals surface area contributed by atoms with Crippen LogP contribution in [0, 0.1) is 0 Å². The largest absolute Gasteiger partial charge is 0.479 e. The van der Waals surface area contributed by atoms with E-state index in [1.54, 1.807) is 6.07 Å². The van der Waals surface area contributed by atoms with Crippen molar-refractivity contribution in [2.75, 3.05) is 0 Å². The zero-order chi connectivity index (χ0) is 23.4. The lowest BCUT2D eigenvalue weighted by molar-refractivity contribution is -0.157. The number of nitrogens with zero attached hydrogens (tertiary/aromatic N) is 3. The number of H-pyrrole nitrogens is 1. The number of aromatic amines is 1. The van der Waals surface area contributed by atoms with Gasteiger partial charge in [0.2, 0.25) is 5.65 Å². The van der Waals surface area contributed by atoms with Crippen LogP contribution in [0.15, 0.2) is 66.9 Å². The van der Waals surface area contributed by atoms with E-state index < -0.39 is 23.5 Å². The van der Waals surface area contributed by atoms with E-state index in [1.165, 1.54) is 13.1 Å². The molecule has 0 aliphatic rings. The Kier molecular flexibility index (Phi) is 6.14. The molecule has 0 spiro atoms. The molecule has 168 valence electrons. The zero-order valence-corrected chi connectivity index (χ0v) is 17.9. The van der Waals surface area contributed by atoms with Crippen LogP contribution < -0.4 is 5.32 Å². The third kappa shape index (κ3) is 5.21. The molecule has 4 rings (SSSR count). The summed E-state index contributed by atoms with van der Waals surface area (Å²) in [4.78, 5) is 28.4. The molecule has 4 N–H and O–H groups in total. The third-order valence-corrected chi connectivity index (χ3v) is 5.42. The zero-order valence-electron chi connectivity index (χ0n) is 17.9. The predicted molar refractivity (Wildman–Crippen MR) is 121 cm³/mol.